The van der Waals surface area contributed by atoms with Crippen LogP contribution in [0, 0.1) is 5.41 Å². The molecule has 2 amide bonds. The molecule has 0 saturated carbocycles. The predicted octanol–water partition coefficient (Wildman–Crippen LogP) is 3.85. The van der Waals surface area contributed by atoms with Crippen molar-refractivity contribution in [2.75, 3.05) is 10.6 Å². The maximum atomic E-state index is 12.3. The minimum absolute atomic E-state index is 0.0865. The van der Waals surface area contributed by atoms with Gasteiger partial charge < -0.3 is 15.4 Å². The molecule has 2 N–H and O–H groups in total. The molecule has 26 heavy (non-hydrogen) atoms. The molecule has 0 aliphatic heterocycles. The lowest BCUT2D eigenvalue weighted by molar-refractivity contribution is -0.131. The Morgan fingerprint density at radius 3 is 2.00 bits per heavy atom. The van der Waals surface area contributed by atoms with Crippen LogP contribution in [0.5, 0.6) is 5.75 Å². The molecule has 0 heterocycles. The third-order valence-electron chi connectivity index (χ3n) is 3.44. The number of hydrogen-bond donors (Lipinski definition) is 2. The van der Waals surface area contributed by atoms with Crippen molar-refractivity contribution >= 4 is 29.2 Å². The fourth-order valence-corrected chi connectivity index (χ4v) is 2.03. The maximum Gasteiger partial charge on any atom is 0.308 e. The second-order valence-corrected chi connectivity index (χ2v) is 6.86. The smallest absolute Gasteiger partial charge is 0.308 e. The van der Waals surface area contributed by atoms with Gasteiger partial charge in [-0.1, -0.05) is 26.8 Å². The molecule has 2 aromatic rings. The minimum atomic E-state index is -0.486. The van der Waals surface area contributed by atoms with E-state index in [0.29, 0.717) is 22.7 Å². The van der Waals surface area contributed by atoms with Crippen LogP contribution in [-0.2, 0) is 9.59 Å². The first kappa shape index (κ1) is 19.2. The van der Waals surface area contributed by atoms with E-state index in [1.165, 1.54) is 13.0 Å². The van der Waals surface area contributed by atoms with Crippen LogP contribution in [0.2, 0.25) is 0 Å². The van der Waals surface area contributed by atoms with Crippen LogP contribution in [0.15, 0.2) is 48.5 Å². The van der Waals surface area contributed by atoms with Crippen molar-refractivity contribution in [3.63, 3.8) is 0 Å². The molecule has 6 heteroatoms. The van der Waals surface area contributed by atoms with E-state index in [2.05, 4.69) is 10.6 Å². The molecule has 6 nitrogen and oxygen atoms in total. The van der Waals surface area contributed by atoms with E-state index in [0.717, 1.165) is 0 Å². The second kappa shape index (κ2) is 7.82. The zero-order valence-electron chi connectivity index (χ0n) is 15.3. The lowest BCUT2D eigenvalue weighted by Crippen LogP contribution is -2.27. The molecule has 0 fully saturated rings. The molecule has 0 aromatic heterocycles. The van der Waals surface area contributed by atoms with E-state index < -0.39 is 11.4 Å². The molecule has 0 aliphatic carbocycles. The summed E-state index contributed by atoms with van der Waals surface area (Å²) in [6.07, 6.45) is 0. The van der Waals surface area contributed by atoms with Gasteiger partial charge in [-0.15, -0.1) is 0 Å². The van der Waals surface area contributed by atoms with E-state index in [9.17, 15) is 14.4 Å². The van der Waals surface area contributed by atoms with Crippen LogP contribution >= 0.6 is 0 Å². The first-order valence-electron chi connectivity index (χ1n) is 8.16. The summed E-state index contributed by atoms with van der Waals surface area (Å²) in [6.45, 7) is 6.80. The summed E-state index contributed by atoms with van der Waals surface area (Å²) in [7, 11) is 0. The SMILES string of the molecule is CC(=O)Oc1cccc(C(=O)Nc2ccc(NC(=O)C(C)(C)C)cc2)c1. The van der Waals surface area contributed by atoms with Crippen molar-refractivity contribution in [1.82, 2.24) is 0 Å². The number of carbonyl (C=O) groups excluding carboxylic acids is 3. The van der Waals surface area contributed by atoms with Gasteiger partial charge in [0.2, 0.25) is 5.91 Å². The van der Waals surface area contributed by atoms with Gasteiger partial charge >= 0.3 is 5.97 Å². The van der Waals surface area contributed by atoms with E-state index in [-0.39, 0.29) is 11.8 Å². The fraction of sp³-hybridized carbons (Fsp3) is 0.250. The van der Waals surface area contributed by atoms with Crippen molar-refractivity contribution in [2.24, 2.45) is 5.41 Å². The molecule has 0 bridgehead atoms. The van der Waals surface area contributed by atoms with Crippen LogP contribution in [0.3, 0.4) is 0 Å². The number of esters is 1. The number of ether oxygens (including phenoxy) is 1. The third kappa shape index (κ3) is 5.44. The Balaban J connectivity index is 2.03. The zero-order chi connectivity index (χ0) is 19.3. The zero-order valence-corrected chi connectivity index (χ0v) is 15.3. The normalized spacial score (nSPS) is 10.8. The molecular formula is C20H22N2O4. The fourth-order valence-electron chi connectivity index (χ4n) is 2.03. The highest BCUT2D eigenvalue weighted by Crippen LogP contribution is 2.20. The molecule has 0 radical (unpaired) electrons. The highest BCUT2D eigenvalue weighted by Gasteiger charge is 2.21. The number of nitrogens with one attached hydrogen (secondary N) is 2. The Hall–Kier alpha value is -3.15. The van der Waals surface area contributed by atoms with Gasteiger partial charge in [-0.05, 0) is 42.5 Å². The lowest BCUT2D eigenvalue weighted by Gasteiger charge is -2.17. The van der Waals surface area contributed by atoms with E-state index in [1.807, 2.05) is 20.8 Å². The van der Waals surface area contributed by atoms with Crippen molar-refractivity contribution in [2.45, 2.75) is 27.7 Å². The molecule has 2 aromatic carbocycles. The van der Waals surface area contributed by atoms with Gasteiger partial charge in [-0.3, -0.25) is 14.4 Å². The maximum absolute atomic E-state index is 12.3. The summed E-state index contributed by atoms with van der Waals surface area (Å²) in [5, 5.41) is 5.58. The van der Waals surface area contributed by atoms with Crippen LogP contribution in [-0.4, -0.2) is 17.8 Å². The van der Waals surface area contributed by atoms with Crippen molar-refractivity contribution < 1.29 is 19.1 Å². The van der Waals surface area contributed by atoms with Gasteiger partial charge in [0, 0.05) is 29.3 Å². The lowest BCUT2D eigenvalue weighted by atomic mass is 9.95. The Morgan fingerprint density at radius 2 is 1.46 bits per heavy atom. The first-order valence-corrected chi connectivity index (χ1v) is 8.16. The number of hydrogen-bond acceptors (Lipinski definition) is 4. The molecule has 136 valence electrons. The number of rotatable bonds is 4. The van der Waals surface area contributed by atoms with Gasteiger partial charge in [0.15, 0.2) is 0 Å². The molecule has 0 saturated heterocycles. The van der Waals surface area contributed by atoms with E-state index in [1.54, 1.807) is 42.5 Å². The van der Waals surface area contributed by atoms with Gasteiger partial charge in [-0.2, -0.15) is 0 Å². The minimum Gasteiger partial charge on any atom is -0.427 e. The molecule has 2 rings (SSSR count). The molecule has 0 aliphatic rings. The van der Waals surface area contributed by atoms with Crippen LogP contribution < -0.4 is 15.4 Å². The largest absolute Gasteiger partial charge is 0.427 e. The highest BCUT2D eigenvalue weighted by atomic mass is 16.5. The monoisotopic (exact) mass is 354 g/mol. The summed E-state index contributed by atoms with van der Waals surface area (Å²) in [5.74, 6) is -0.553. The quantitative estimate of drug-likeness (QED) is 0.645. The second-order valence-electron chi connectivity index (χ2n) is 6.86. The number of anilines is 2. The van der Waals surface area contributed by atoms with Crippen molar-refractivity contribution in [3.05, 3.63) is 54.1 Å². The van der Waals surface area contributed by atoms with Gasteiger partial charge in [0.25, 0.3) is 5.91 Å². The number of carbonyl (C=O) groups is 3. The molecular weight excluding hydrogens is 332 g/mol. The third-order valence-corrected chi connectivity index (χ3v) is 3.44. The Bertz CT molecular complexity index is 820. The predicted molar refractivity (Wildman–Crippen MR) is 100 cm³/mol. The van der Waals surface area contributed by atoms with E-state index in [4.69, 9.17) is 4.74 Å². The van der Waals surface area contributed by atoms with Crippen LogP contribution in [0.1, 0.15) is 38.1 Å². The van der Waals surface area contributed by atoms with Crippen LogP contribution in [0.4, 0.5) is 11.4 Å². The summed E-state index contributed by atoms with van der Waals surface area (Å²) in [4.78, 5) is 35.3. The summed E-state index contributed by atoms with van der Waals surface area (Å²) < 4.78 is 4.98. The Labute approximate surface area is 152 Å². The molecule has 0 spiro atoms. The average Bonchev–Trinajstić information content (AvgIpc) is 2.55. The van der Waals surface area contributed by atoms with Crippen molar-refractivity contribution in [1.29, 1.82) is 0 Å². The van der Waals surface area contributed by atoms with Gasteiger partial charge in [-0.25, -0.2) is 0 Å². The summed E-state index contributed by atoms with van der Waals surface area (Å²) >= 11 is 0. The number of amides is 2. The van der Waals surface area contributed by atoms with Gasteiger partial charge in [0.05, 0.1) is 0 Å². The highest BCUT2D eigenvalue weighted by molar-refractivity contribution is 6.04. The topological polar surface area (TPSA) is 84.5 Å². The summed E-state index contributed by atoms with van der Waals surface area (Å²) in [6, 6.07) is 13.2. The molecule has 0 unspecified atom stereocenters. The standard InChI is InChI=1S/C20H22N2O4/c1-13(23)26-17-7-5-6-14(12-17)18(24)21-15-8-10-16(11-9-15)22-19(25)20(2,3)4/h5-12H,1-4H3,(H,21,24)(H,22,25). The Kier molecular flexibility index (Phi) is 5.77. The number of benzene rings is 2. The average molecular weight is 354 g/mol. The van der Waals surface area contributed by atoms with Crippen molar-refractivity contribution in [3.8, 4) is 5.75 Å². The van der Waals surface area contributed by atoms with Gasteiger partial charge in [0.1, 0.15) is 5.75 Å². The molecule has 0 atom stereocenters. The Morgan fingerprint density at radius 1 is 0.885 bits per heavy atom. The van der Waals surface area contributed by atoms with Crippen LogP contribution in [0.25, 0.3) is 0 Å². The first-order chi connectivity index (χ1) is 12.1. The summed E-state index contributed by atoms with van der Waals surface area (Å²) in [5.41, 5.74) is 1.12. The van der Waals surface area contributed by atoms with E-state index >= 15 is 0 Å².